The Hall–Kier alpha value is -2.34. The molecule has 3 amide bonds. The highest BCUT2D eigenvalue weighted by atomic mass is 35.5. The van der Waals surface area contributed by atoms with Crippen molar-refractivity contribution in [2.24, 2.45) is 5.92 Å². The summed E-state index contributed by atoms with van der Waals surface area (Å²) in [7, 11) is 0. The summed E-state index contributed by atoms with van der Waals surface area (Å²) in [5.41, 5.74) is 0.915. The van der Waals surface area contributed by atoms with E-state index in [2.05, 4.69) is 10.6 Å². The molecule has 1 aliphatic rings. The van der Waals surface area contributed by atoms with Crippen LogP contribution in [0.1, 0.15) is 25.8 Å². The zero-order chi connectivity index (χ0) is 21.9. The predicted octanol–water partition coefficient (Wildman–Crippen LogP) is 2.32. The summed E-state index contributed by atoms with van der Waals surface area (Å²) in [4.78, 5) is 26.9. The topological polar surface area (TPSA) is 104 Å². The van der Waals surface area contributed by atoms with Gasteiger partial charge in [0.15, 0.2) is 0 Å². The first-order valence-electron chi connectivity index (χ1n) is 10.0. The zero-order valence-electron chi connectivity index (χ0n) is 17.4. The molecule has 0 aromatic heterocycles. The normalized spacial score (nSPS) is 15.9. The van der Waals surface area contributed by atoms with Gasteiger partial charge in [-0.15, -0.1) is 0 Å². The third-order valence-corrected chi connectivity index (χ3v) is 4.81. The number of rotatable bonds is 9. The maximum atomic E-state index is 12.7. The van der Waals surface area contributed by atoms with Crippen LogP contribution < -0.4 is 10.6 Å². The number of carbonyl (C=O) groups excluding carboxylic acids is 2. The molecule has 1 aliphatic heterocycles. The van der Waals surface area contributed by atoms with E-state index in [4.69, 9.17) is 21.1 Å². The van der Waals surface area contributed by atoms with E-state index in [1.54, 1.807) is 17.0 Å². The summed E-state index contributed by atoms with van der Waals surface area (Å²) in [6.45, 7) is 6.22. The molecule has 1 aromatic carbocycles. The fourth-order valence-electron chi connectivity index (χ4n) is 2.97. The van der Waals surface area contributed by atoms with Gasteiger partial charge < -0.3 is 25.0 Å². The fraction of sp³-hybridized carbons (Fsp3) is 0.571. The van der Waals surface area contributed by atoms with Gasteiger partial charge in [-0.05, 0) is 30.0 Å². The molecule has 9 heteroatoms. The molecule has 164 valence electrons. The van der Waals surface area contributed by atoms with Crippen molar-refractivity contribution in [2.75, 3.05) is 32.9 Å². The van der Waals surface area contributed by atoms with Crippen molar-refractivity contribution >= 4 is 23.5 Å². The van der Waals surface area contributed by atoms with Crippen molar-refractivity contribution in [3.8, 4) is 6.07 Å². The minimum absolute atomic E-state index is 0.0384. The lowest BCUT2D eigenvalue weighted by atomic mass is 10.0. The molecule has 0 saturated carbocycles. The monoisotopic (exact) mass is 436 g/mol. The fourth-order valence-corrected chi connectivity index (χ4v) is 3.09. The molecule has 0 spiro atoms. The van der Waals surface area contributed by atoms with Gasteiger partial charge in [0.1, 0.15) is 12.1 Å². The second-order valence-electron chi connectivity index (χ2n) is 7.56. The van der Waals surface area contributed by atoms with E-state index in [9.17, 15) is 14.9 Å². The maximum absolute atomic E-state index is 12.7. The standard InChI is InChI=1S/C21H29ClN4O4/c1-15(2)11-19(25-21(28)26-7-9-29-10-8-26)20(27)24-18(12-23)14-30-13-16-3-5-17(22)6-4-16/h3-6,15,18-19H,7-11,13-14H2,1-2H3,(H,24,27)(H,25,28)/t18-,19+/m1/s1. The first-order chi connectivity index (χ1) is 14.4. The average molecular weight is 437 g/mol. The molecule has 0 aliphatic carbocycles. The van der Waals surface area contributed by atoms with Gasteiger partial charge in [-0.1, -0.05) is 37.6 Å². The lowest BCUT2D eigenvalue weighted by Crippen LogP contribution is -2.55. The van der Waals surface area contributed by atoms with Crippen molar-refractivity contribution in [1.29, 1.82) is 5.26 Å². The van der Waals surface area contributed by atoms with E-state index in [1.165, 1.54) is 0 Å². The molecule has 0 unspecified atom stereocenters. The molecule has 1 heterocycles. The molecule has 8 nitrogen and oxygen atoms in total. The largest absolute Gasteiger partial charge is 0.378 e. The summed E-state index contributed by atoms with van der Waals surface area (Å²) < 4.78 is 10.8. The first kappa shape index (κ1) is 23.9. The van der Waals surface area contributed by atoms with E-state index in [1.807, 2.05) is 32.0 Å². The van der Waals surface area contributed by atoms with E-state index < -0.39 is 18.0 Å². The number of nitrogens with zero attached hydrogens (tertiary/aromatic N) is 2. The lowest BCUT2D eigenvalue weighted by Gasteiger charge is -2.29. The number of amides is 3. The van der Waals surface area contributed by atoms with Gasteiger partial charge in [0.05, 0.1) is 32.5 Å². The van der Waals surface area contributed by atoms with Crippen LogP contribution in [0.5, 0.6) is 0 Å². The number of carbonyl (C=O) groups is 2. The average Bonchev–Trinajstić information content (AvgIpc) is 2.74. The van der Waals surface area contributed by atoms with Gasteiger partial charge in [-0.2, -0.15) is 5.26 Å². The first-order valence-corrected chi connectivity index (χ1v) is 10.4. The summed E-state index contributed by atoms with van der Waals surface area (Å²) in [6, 6.07) is 7.38. The van der Waals surface area contributed by atoms with Gasteiger partial charge >= 0.3 is 6.03 Å². The lowest BCUT2D eigenvalue weighted by molar-refractivity contribution is -0.124. The second-order valence-corrected chi connectivity index (χ2v) is 8.00. The number of ether oxygens (including phenoxy) is 2. The molecule has 1 fully saturated rings. The van der Waals surface area contributed by atoms with Crippen molar-refractivity contribution in [3.05, 3.63) is 34.9 Å². The highest BCUT2D eigenvalue weighted by Crippen LogP contribution is 2.11. The van der Waals surface area contributed by atoms with Crippen LogP contribution in [0.3, 0.4) is 0 Å². The van der Waals surface area contributed by atoms with E-state index in [-0.39, 0.29) is 18.6 Å². The van der Waals surface area contributed by atoms with E-state index in [0.29, 0.717) is 44.4 Å². The highest BCUT2D eigenvalue weighted by Gasteiger charge is 2.27. The molecule has 2 rings (SSSR count). The Bertz CT molecular complexity index is 730. The number of nitrogens with one attached hydrogen (secondary N) is 2. The highest BCUT2D eigenvalue weighted by molar-refractivity contribution is 6.30. The minimum Gasteiger partial charge on any atom is -0.378 e. The molecule has 0 radical (unpaired) electrons. The Morgan fingerprint density at radius 1 is 1.23 bits per heavy atom. The molecule has 30 heavy (non-hydrogen) atoms. The second kappa shape index (κ2) is 12.4. The van der Waals surface area contributed by atoms with Crippen molar-refractivity contribution < 1.29 is 19.1 Å². The molecule has 1 saturated heterocycles. The summed E-state index contributed by atoms with van der Waals surface area (Å²) in [5, 5.41) is 15.5. The Morgan fingerprint density at radius 2 is 1.90 bits per heavy atom. The molecule has 1 aromatic rings. The number of morpholine rings is 1. The van der Waals surface area contributed by atoms with Crippen molar-refractivity contribution in [2.45, 2.75) is 39.0 Å². The van der Waals surface area contributed by atoms with Crippen molar-refractivity contribution in [1.82, 2.24) is 15.5 Å². The SMILES string of the molecule is CC(C)C[C@H](NC(=O)N1CCOCC1)C(=O)N[C@H](C#N)COCc1ccc(Cl)cc1. The Balaban J connectivity index is 1.87. The molecule has 2 atom stereocenters. The Morgan fingerprint density at radius 3 is 2.50 bits per heavy atom. The number of hydrogen-bond donors (Lipinski definition) is 2. The number of nitriles is 1. The molecular weight excluding hydrogens is 408 g/mol. The van der Waals surface area contributed by atoms with E-state index in [0.717, 1.165) is 5.56 Å². The minimum atomic E-state index is -0.820. The van der Waals surface area contributed by atoms with Crippen LogP contribution >= 0.6 is 11.6 Å². The van der Waals surface area contributed by atoms with Crippen LogP contribution in [0, 0.1) is 17.2 Å². The Labute approximate surface area is 182 Å². The van der Waals surface area contributed by atoms with Crippen LogP contribution in [0.15, 0.2) is 24.3 Å². The molecular formula is C21H29ClN4O4. The van der Waals surface area contributed by atoms with Gasteiger partial charge in [0, 0.05) is 18.1 Å². The number of urea groups is 1. The smallest absolute Gasteiger partial charge is 0.318 e. The van der Waals surface area contributed by atoms with E-state index >= 15 is 0 Å². The summed E-state index contributed by atoms with van der Waals surface area (Å²) in [5.74, 6) is -0.209. The van der Waals surface area contributed by atoms with Crippen LogP contribution in [-0.2, 0) is 20.9 Å². The maximum Gasteiger partial charge on any atom is 0.318 e. The molecule has 2 N–H and O–H groups in total. The van der Waals surface area contributed by atoms with Crippen LogP contribution in [-0.4, -0.2) is 61.8 Å². The molecule has 0 bridgehead atoms. The van der Waals surface area contributed by atoms with Gasteiger partial charge in [-0.25, -0.2) is 4.79 Å². The quantitative estimate of drug-likeness (QED) is 0.618. The van der Waals surface area contributed by atoms with Gasteiger partial charge in [-0.3, -0.25) is 4.79 Å². The van der Waals surface area contributed by atoms with Crippen LogP contribution in [0.25, 0.3) is 0 Å². The van der Waals surface area contributed by atoms with Crippen molar-refractivity contribution in [3.63, 3.8) is 0 Å². The number of benzene rings is 1. The number of halogens is 1. The number of hydrogen-bond acceptors (Lipinski definition) is 5. The van der Waals surface area contributed by atoms with Crippen LogP contribution in [0.2, 0.25) is 5.02 Å². The zero-order valence-corrected chi connectivity index (χ0v) is 18.2. The van der Waals surface area contributed by atoms with Crippen LogP contribution in [0.4, 0.5) is 4.79 Å². The third kappa shape index (κ3) is 8.19. The summed E-state index contributed by atoms with van der Waals surface area (Å²) >= 11 is 5.86. The summed E-state index contributed by atoms with van der Waals surface area (Å²) in [6.07, 6.45) is 0.464. The Kier molecular flexibility index (Phi) is 9.87. The van der Waals surface area contributed by atoms with Gasteiger partial charge in [0.25, 0.3) is 0 Å². The third-order valence-electron chi connectivity index (χ3n) is 4.56. The predicted molar refractivity (Wildman–Crippen MR) is 113 cm³/mol. The van der Waals surface area contributed by atoms with Gasteiger partial charge in [0.2, 0.25) is 5.91 Å².